The molecule has 13 heavy (non-hydrogen) atoms. The highest BCUT2D eigenvalue weighted by Crippen LogP contribution is 2.22. The lowest BCUT2D eigenvalue weighted by Crippen LogP contribution is -2.09. The molecule has 2 nitrogen and oxygen atoms in total. The van der Waals surface area contributed by atoms with Crippen LogP contribution < -0.4 is 5.32 Å². The van der Waals surface area contributed by atoms with Crippen LogP contribution in [0, 0.1) is 5.92 Å². The predicted molar refractivity (Wildman–Crippen MR) is 60.3 cm³/mol. The molecular weight excluding hydrogens is 251 g/mol. The average molecular weight is 264 g/mol. The molecule has 1 N–H and O–H groups in total. The van der Waals surface area contributed by atoms with E-state index < -0.39 is 0 Å². The fraction of sp³-hybridized carbons (Fsp3) is 0.444. The van der Waals surface area contributed by atoms with Gasteiger partial charge in [0.2, 0.25) is 0 Å². The van der Waals surface area contributed by atoms with Crippen molar-refractivity contribution in [1.82, 2.24) is 4.98 Å². The van der Waals surface area contributed by atoms with Crippen LogP contribution in [0.3, 0.4) is 0 Å². The molecule has 0 aromatic carbocycles. The molecule has 0 spiro atoms. The zero-order chi connectivity index (χ0) is 9.84. The van der Waals surface area contributed by atoms with Gasteiger partial charge in [-0.1, -0.05) is 25.4 Å². The highest BCUT2D eigenvalue weighted by Gasteiger charge is 2.02. The van der Waals surface area contributed by atoms with Crippen molar-refractivity contribution >= 4 is 33.3 Å². The van der Waals surface area contributed by atoms with Gasteiger partial charge in [0.1, 0.15) is 5.82 Å². The number of nitrogens with one attached hydrogen (secondary N) is 1. The van der Waals surface area contributed by atoms with E-state index >= 15 is 0 Å². The van der Waals surface area contributed by atoms with E-state index in [2.05, 4.69) is 40.1 Å². The third-order valence-electron chi connectivity index (χ3n) is 1.49. The van der Waals surface area contributed by atoms with Crippen molar-refractivity contribution in [2.75, 3.05) is 11.9 Å². The molecule has 0 bridgehead atoms. The van der Waals surface area contributed by atoms with Crippen molar-refractivity contribution in [2.24, 2.45) is 5.92 Å². The van der Waals surface area contributed by atoms with Gasteiger partial charge in [-0.2, -0.15) is 0 Å². The van der Waals surface area contributed by atoms with Gasteiger partial charge in [-0.3, -0.25) is 0 Å². The first-order chi connectivity index (χ1) is 6.09. The first-order valence-corrected chi connectivity index (χ1v) is 5.31. The highest BCUT2D eigenvalue weighted by atomic mass is 79.9. The summed E-state index contributed by atoms with van der Waals surface area (Å²) in [7, 11) is 0. The number of anilines is 1. The molecule has 1 rings (SSSR count). The van der Waals surface area contributed by atoms with E-state index in [1.54, 1.807) is 6.20 Å². The van der Waals surface area contributed by atoms with Crippen LogP contribution >= 0.6 is 27.5 Å². The summed E-state index contributed by atoms with van der Waals surface area (Å²) in [4.78, 5) is 4.16. The summed E-state index contributed by atoms with van der Waals surface area (Å²) in [5.41, 5.74) is 0. The van der Waals surface area contributed by atoms with E-state index in [1.807, 2.05) is 6.07 Å². The fourth-order valence-electron chi connectivity index (χ4n) is 0.845. The second-order valence-electron chi connectivity index (χ2n) is 3.26. The van der Waals surface area contributed by atoms with Crippen molar-refractivity contribution in [3.8, 4) is 0 Å². The summed E-state index contributed by atoms with van der Waals surface area (Å²) in [5, 5.41) is 3.82. The van der Waals surface area contributed by atoms with Crippen LogP contribution in [0.5, 0.6) is 0 Å². The van der Waals surface area contributed by atoms with Crippen molar-refractivity contribution in [1.29, 1.82) is 0 Å². The van der Waals surface area contributed by atoms with Gasteiger partial charge in [-0.15, -0.1) is 0 Å². The largest absolute Gasteiger partial charge is 0.369 e. The molecule has 0 radical (unpaired) electrons. The van der Waals surface area contributed by atoms with E-state index in [1.165, 1.54) is 0 Å². The first-order valence-electron chi connectivity index (χ1n) is 4.14. The summed E-state index contributed by atoms with van der Waals surface area (Å²) in [6, 6.07) is 1.83. The zero-order valence-electron chi connectivity index (χ0n) is 7.64. The van der Waals surface area contributed by atoms with Crippen LogP contribution in [0.4, 0.5) is 5.82 Å². The predicted octanol–water partition coefficient (Wildman–Crippen LogP) is 3.57. The second-order valence-corrected chi connectivity index (χ2v) is 4.58. The Morgan fingerprint density at radius 3 is 2.85 bits per heavy atom. The van der Waals surface area contributed by atoms with Crippen LogP contribution in [0.2, 0.25) is 5.02 Å². The maximum Gasteiger partial charge on any atom is 0.144 e. The average Bonchev–Trinajstić information content (AvgIpc) is 2.02. The van der Waals surface area contributed by atoms with E-state index in [0.717, 1.165) is 16.8 Å². The van der Waals surface area contributed by atoms with Gasteiger partial charge in [0.25, 0.3) is 0 Å². The normalized spacial score (nSPS) is 10.5. The molecule has 1 aromatic rings. The van der Waals surface area contributed by atoms with E-state index in [0.29, 0.717) is 10.9 Å². The molecule has 0 atom stereocenters. The van der Waals surface area contributed by atoms with Gasteiger partial charge in [0, 0.05) is 17.2 Å². The monoisotopic (exact) mass is 262 g/mol. The van der Waals surface area contributed by atoms with Crippen LogP contribution in [0.25, 0.3) is 0 Å². The quantitative estimate of drug-likeness (QED) is 0.902. The molecule has 0 aliphatic rings. The first kappa shape index (κ1) is 10.8. The third-order valence-corrected chi connectivity index (χ3v) is 2.21. The van der Waals surface area contributed by atoms with Gasteiger partial charge in [0.15, 0.2) is 0 Å². The summed E-state index contributed by atoms with van der Waals surface area (Å²) in [5.74, 6) is 1.33. The fourth-order valence-corrected chi connectivity index (χ4v) is 1.54. The SMILES string of the molecule is CC(C)CNc1ncc(Br)cc1Cl. The zero-order valence-corrected chi connectivity index (χ0v) is 9.98. The maximum absolute atomic E-state index is 5.96. The molecule has 0 aliphatic carbocycles. The Hall–Kier alpha value is -0.280. The molecule has 1 aromatic heterocycles. The number of hydrogen-bond acceptors (Lipinski definition) is 2. The Kier molecular flexibility index (Phi) is 4.00. The highest BCUT2D eigenvalue weighted by molar-refractivity contribution is 9.10. The smallest absolute Gasteiger partial charge is 0.144 e. The number of hydrogen-bond donors (Lipinski definition) is 1. The van der Waals surface area contributed by atoms with Crippen molar-refractivity contribution in [3.05, 3.63) is 21.8 Å². The molecule has 4 heteroatoms. The number of aromatic nitrogens is 1. The van der Waals surface area contributed by atoms with E-state index in [4.69, 9.17) is 11.6 Å². The lowest BCUT2D eigenvalue weighted by molar-refractivity contribution is 0.687. The molecule has 0 saturated carbocycles. The van der Waals surface area contributed by atoms with E-state index in [-0.39, 0.29) is 0 Å². The lowest BCUT2D eigenvalue weighted by Gasteiger charge is -2.09. The summed E-state index contributed by atoms with van der Waals surface area (Å²) < 4.78 is 0.896. The Balaban J connectivity index is 2.67. The van der Waals surface area contributed by atoms with Gasteiger partial charge >= 0.3 is 0 Å². The number of halogens is 2. The maximum atomic E-state index is 5.96. The molecule has 72 valence electrons. The van der Waals surface area contributed by atoms with Crippen LogP contribution in [-0.2, 0) is 0 Å². The summed E-state index contributed by atoms with van der Waals surface area (Å²) in [6.45, 7) is 5.16. The minimum absolute atomic E-state index is 0.585. The van der Waals surface area contributed by atoms with Crippen LogP contribution in [0.1, 0.15) is 13.8 Å². The Morgan fingerprint density at radius 2 is 2.31 bits per heavy atom. The van der Waals surface area contributed by atoms with Crippen molar-refractivity contribution in [2.45, 2.75) is 13.8 Å². The van der Waals surface area contributed by atoms with Gasteiger partial charge in [-0.25, -0.2) is 4.98 Å². The second kappa shape index (κ2) is 4.82. The Bertz CT molecular complexity index is 289. The van der Waals surface area contributed by atoms with Gasteiger partial charge < -0.3 is 5.32 Å². The molecule has 0 unspecified atom stereocenters. The van der Waals surface area contributed by atoms with E-state index in [9.17, 15) is 0 Å². The Morgan fingerprint density at radius 1 is 1.62 bits per heavy atom. The standard InChI is InChI=1S/C9H12BrClN2/c1-6(2)4-12-9-8(11)3-7(10)5-13-9/h3,5-6H,4H2,1-2H3,(H,12,13). The van der Waals surface area contributed by atoms with Gasteiger partial charge in [-0.05, 0) is 27.9 Å². The third kappa shape index (κ3) is 3.53. The van der Waals surface area contributed by atoms with Gasteiger partial charge in [0.05, 0.1) is 5.02 Å². The van der Waals surface area contributed by atoms with Crippen molar-refractivity contribution < 1.29 is 0 Å². The lowest BCUT2D eigenvalue weighted by atomic mass is 10.2. The number of rotatable bonds is 3. The molecule has 0 fully saturated rings. The number of nitrogens with zero attached hydrogens (tertiary/aromatic N) is 1. The number of pyridine rings is 1. The summed E-state index contributed by atoms with van der Waals surface area (Å²) in [6.07, 6.45) is 1.73. The Labute approximate surface area is 91.8 Å². The topological polar surface area (TPSA) is 24.9 Å². The van der Waals surface area contributed by atoms with Crippen LogP contribution in [-0.4, -0.2) is 11.5 Å². The summed E-state index contributed by atoms with van der Waals surface area (Å²) >= 11 is 9.26. The minimum atomic E-state index is 0.585. The minimum Gasteiger partial charge on any atom is -0.369 e. The molecular formula is C9H12BrClN2. The van der Waals surface area contributed by atoms with Crippen molar-refractivity contribution in [3.63, 3.8) is 0 Å². The molecule has 0 amide bonds. The molecule has 0 aliphatic heterocycles. The molecule has 0 saturated heterocycles. The van der Waals surface area contributed by atoms with Crippen LogP contribution in [0.15, 0.2) is 16.7 Å². The molecule has 1 heterocycles.